The van der Waals surface area contributed by atoms with Crippen molar-refractivity contribution in [3.63, 3.8) is 0 Å². The smallest absolute Gasteiger partial charge is 0.255 e. The number of rotatable bonds is 3. The maximum atomic E-state index is 13.0. The van der Waals surface area contributed by atoms with Crippen molar-refractivity contribution < 1.29 is 9.18 Å². The summed E-state index contributed by atoms with van der Waals surface area (Å²) in [5.41, 5.74) is 3.38. The first-order chi connectivity index (χ1) is 11.5. The third-order valence-corrected chi connectivity index (χ3v) is 3.85. The quantitative estimate of drug-likeness (QED) is 0.720. The van der Waals surface area contributed by atoms with Crippen LogP contribution in [-0.2, 0) is 0 Å². The number of carbonyl (C=O) groups is 1. The molecule has 0 atom stereocenters. The van der Waals surface area contributed by atoms with E-state index in [1.807, 2.05) is 13.0 Å². The topological polar surface area (TPSA) is 42.0 Å². The van der Waals surface area contributed by atoms with Gasteiger partial charge in [-0.1, -0.05) is 17.7 Å². The fourth-order valence-corrected chi connectivity index (χ4v) is 2.45. The van der Waals surface area contributed by atoms with Gasteiger partial charge in [0.2, 0.25) is 0 Å². The van der Waals surface area contributed by atoms with Gasteiger partial charge in [-0.05, 0) is 61.0 Å². The van der Waals surface area contributed by atoms with Gasteiger partial charge in [0.1, 0.15) is 5.82 Å². The van der Waals surface area contributed by atoms with Crippen molar-refractivity contribution in [1.29, 1.82) is 0 Å². The van der Waals surface area contributed by atoms with E-state index in [4.69, 9.17) is 11.6 Å². The molecule has 3 nitrogen and oxygen atoms in total. The summed E-state index contributed by atoms with van der Waals surface area (Å²) in [5.74, 6) is -0.574. The lowest BCUT2D eigenvalue weighted by Crippen LogP contribution is -2.13. The first kappa shape index (κ1) is 16.1. The average molecular weight is 341 g/mol. The maximum absolute atomic E-state index is 13.0. The number of aryl methyl sites for hydroxylation is 1. The number of carbonyl (C=O) groups excluding carboxylic acids is 1. The standard InChI is InChI=1S/C19H14ClFN2O/c1-12-2-5-15(20)11-17(12)23-19(24)14-8-9-22-18(10-14)13-3-6-16(21)7-4-13/h2-11H,1H3,(H,23,24). The molecule has 5 heteroatoms. The summed E-state index contributed by atoms with van der Waals surface area (Å²) in [7, 11) is 0. The minimum absolute atomic E-state index is 0.258. The fraction of sp³-hybridized carbons (Fsp3) is 0.0526. The van der Waals surface area contributed by atoms with E-state index in [1.165, 1.54) is 12.1 Å². The zero-order valence-corrected chi connectivity index (χ0v) is 13.6. The number of benzene rings is 2. The van der Waals surface area contributed by atoms with Gasteiger partial charge in [0.15, 0.2) is 0 Å². The van der Waals surface area contributed by atoms with Crippen molar-refractivity contribution >= 4 is 23.2 Å². The molecule has 0 radical (unpaired) electrons. The molecule has 0 bridgehead atoms. The monoisotopic (exact) mass is 340 g/mol. The first-order valence-electron chi connectivity index (χ1n) is 7.32. The molecule has 0 unspecified atom stereocenters. The predicted octanol–water partition coefficient (Wildman–Crippen LogP) is 5.10. The van der Waals surface area contributed by atoms with E-state index < -0.39 is 0 Å². The Morgan fingerprint density at radius 3 is 2.58 bits per heavy atom. The number of hydrogen-bond acceptors (Lipinski definition) is 2. The minimum atomic E-state index is -0.316. The van der Waals surface area contributed by atoms with Gasteiger partial charge in [-0.15, -0.1) is 0 Å². The van der Waals surface area contributed by atoms with E-state index >= 15 is 0 Å². The summed E-state index contributed by atoms with van der Waals surface area (Å²) in [6, 6.07) is 14.6. The fourth-order valence-electron chi connectivity index (χ4n) is 2.27. The molecule has 0 fully saturated rings. The summed E-state index contributed by atoms with van der Waals surface area (Å²) in [5, 5.41) is 3.40. The molecule has 0 aliphatic rings. The largest absolute Gasteiger partial charge is 0.322 e. The Labute approximate surface area is 144 Å². The van der Waals surface area contributed by atoms with Crippen LogP contribution in [0.1, 0.15) is 15.9 Å². The van der Waals surface area contributed by atoms with Crippen LogP contribution in [0.15, 0.2) is 60.8 Å². The summed E-state index contributed by atoms with van der Waals surface area (Å²) in [6.45, 7) is 1.89. The maximum Gasteiger partial charge on any atom is 0.255 e. The number of nitrogens with zero attached hydrogens (tertiary/aromatic N) is 1. The average Bonchev–Trinajstić information content (AvgIpc) is 2.59. The van der Waals surface area contributed by atoms with Gasteiger partial charge in [-0.3, -0.25) is 9.78 Å². The van der Waals surface area contributed by atoms with E-state index in [1.54, 1.807) is 42.6 Å². The second kappa shape index (κ2) is 6.81. The van der Waals surface area contributed by atoms with Crippen molar-refractivity contribution in [2.24, 2.45) is 0 Å². The number of halogens is 2. The van der Waals surface area contributed by atoms with E-state index in [0.717, 1.165) is 11.1 Å². The highest BCUT2D eigenvalue weighted by molar-refractivity contribution is 6.31. The Kier molecular flexibility index (Phi) is 4.58. The van der Waals surface area contributed by atoms with Gasteiger partial charge in [0.05, 0.1) is 5.69 Å². The van der Waals surface area contributed by atoms with Crippen LogP contribution in [0.2, 0.25) is 5.02 Å². The van der Waals surface area contributed by atoms with Crippen molar-refractivity contribution in [3.05, 3.63) is 82.8 Å². The molecule has 0 saturated carbocycles. The van der Waals surface area contributed by atoms with Crippen LogP contribution in [0.5, 0.6) is 0 Å². The molecule has 1 N–H and O–H groups in total. The number of nitrogens with one attached hydrogen (secondary N) is 1. The summed E-state index contributed by atoms with van der Waals surface area (Å²) in [6.07, 6.45) is 1.55. The van der Waals surface area contributed by atoms with Gasteiger partial charge < -0.3 is 5.32 Å². The highest BCUT2D eigenvalue weighted by Gasteiger charge is 2.10. The SMILES string of the molecule is Cc1ccc(Cl)cc1NC(=O)c1ccnc(-c2ccc(F)cc2)c1. The zero-order chi connectivity index (χ0) is 17.1. The Morgan fingerprint density at radius 1 is 1.08 bits per heavy atom. The molecule has 3 aromatic rings. The minimum Gasteiger partial charge on any atom is -0.322 e. The van der Waals surface area contributed by atoms with Gasteiger partial charge in [0.25, 0.3) is 5.91 Å². The number of aromatic nitrogens is 1. The summed E-state index contributed by atoms with van der Waals surface area (Å²) >= 11 is 5.97. The molecule has 1 aromatic heterocycles. The van der Waals surface area contributed by atoms with E-state index in [-0.39, 0.29) is 11.7 Å². The van der Waals surface area contributed by atoms with Crippen LogP contribution in [0.4, 0.5) is 10.1 Å². The van der Waals surface area contributed by atoms with Gasteiger partial charge in [-0.2, -0.15) is 0 Å². The normalized spacial score (nSPS) is 10.5. The van der Waals surface area contributed by atoms with Crippen LogP contribution in [0.3, 0.4) is 0 Å². The molecule has 0 aliphatic heterocycles. The number of hydrogen-bond donors (Lipinski definition) is 1. The van der Waals surface area contributed by atoms with Crippen molar-refractivity contribution in [1.82, 2.24) is 4.98 Å². The van der Waals surface area contributed by atoms with Crippen LogP contribution in [0, 0.1) is 12.7 Å². The molecule has 1 heterocycles. The van der Waals surface area contributed by atoms with Gasteiger partial charge in [0, 0.05) is 28.0 Å². The molecule has 0 spiro atoms. The summed E-state index contributed by atoms with van der Waals surface area (Å²) in [4.78, 5) is 16.7. The number of pyridine rings is 1. The molecular weight excluding hydrogens is 327 g/mol. The lowest BCUT2D eigenvalue weighted by atomic mass is 10.1. The Morgan fingerprint density at radius 2 is 1.83 bits per heavy atom. The summed E-state index contributed by atoms with van der Waals surface area (Å²) < 4.78 is 13.0. The third-order valence-electron chi connectivity index (χ3n) is 3.61. The lowest BCUT2D eigenvalue weighted by molar-refractivity contribution is 0.102. The molecule has 2 aromatic carbocycles. The molecule has 0 saturated heterocycles. The highest BCUT2D eigenvalue weighted by Crippen LogP contribution is 2.22. The molecule has 0 aliphatic carbocycles. The predicted molar refractivity (Wildman–Crippen MR) is 93.8 cm³/mol. The molecule has 1 amide bonds. The highest BCUT2D eigenvalue weighted by atomic mass is 35.5. The van der Waals surface area contributed by atoms with Gasteiger partial charge >= 0.3 is 0 Å². The Bertz CT molecular complexity index is 894. The van der Waals surface area contributed by atoms with Crippen LogP contribution < -0.4 is 5.32 Å². The third kappa shape index (κ3) is 3.60. The van der Waals surface area contributed by atoms with E-state index in [9.17, 15) is 9.18 Å². The Balaban J connectivity index is 1.87. The molecule has 3 rings (SSSR count). The zero-order valence-electron chi connectivity index (χ0n) is 12.9. The molecular formula is C19H14ClFN2O. The van der Waals surface area contributed by atoms with Crippen molar-refractivity contribution in [3.8, 4) is 11.3 Å². The molecule has 24 heavy (non-hydrogen) atoms. The Hall–Kier alpha value is -2.72. The lowest BCUT2D eigenvalue weighted by Gasteiger charge is -2.09. The number of amides is 1. The van der Waals surface area contributed by atoms with Crippen LogP contribution >= 0.6 is 11.6 Å². The van der Waals surface area contributed by atoms with Crippen LogP contribution in [-0.4, -0.2) is 10.9 Å². The van der Waals surface area contributed by atoms with Crippen molar-refractivity contribution in [2.75, 3.05) is 5.32 Å². The van der Waals surface area contributed by atoms with Crippen molar-refractivity contribution in [2.45, 2.75) is 6.92 Å². The van der Waals surface area contributed by atoms with E-state index in [0.29, 0.717) is 22.0 Å². The second-order valence-corrected chi connectivity index (χ2v) is 5.79. The molecule has 120 valence electrons. The van der Waals surface area contributed by atoms with Gasteiger partial charge in [-0.25, -0.2) is 4.39 Å². The number of anilines is 1. The van der Waals surface area contributed by atoms with Crippen LogP contribution in [0.25, 0.3) is 11.3 Å². The van der Waals surface area contributed by atoms with E-state index in [2.05, 4.69) is 10.3 Å². The first-order valence-corrected chi connectivity index (χ1v) is 7.70. The second-order valence-electron chi connectivity index (χ2n) is 5.35.